The highest BCUT2D eigenvalue weighted by Crippen LogP contribution is 2.13. The van der Waals surface area contributed by atoms with Crippen LogP contribution in [0.1, 0.15) is 16.7 Å². The van der Waals surface area contributed by atoms with E-state index in [9.17, 15) is 9.90 Å². The van der Waals surface area contributed by atoms with Gasteiger partial charge in [-0.25, -0.2) is 0 Å². The van der Waals surface area contributed by atoms with Crippen molar-refractivity contribution in [2.24, 2.45) is 0 Å². The van der Waals surface area contributed by atoms with Gasteiger partial charge in [-0.3, -0.25) is 9.69 Å². The van der Waals surface area contributed by atoms with Crippen molar-refractivity contribution in [1.29, 1.82) is 0 Å². The van der Waals surface area contributed by atoms with E-state index in [0.29, 0.717) is 39.1 Å². The molecule has 1 aromatic rings. The van der Waals surface area contributed by atoms with Crippen LogP contribution in [0.3, 0.4) is 0 Å². The maximum Gasteiger partial charge on any atom is 0.227 e. The van der Waals surface area contributed by atoms with Gasteiger partial charge in [-0.2, -0.15) is 0 Å². The second kappa shape index (κ2) is 7.72. The third-order valence-corrected chi connectivity index (χ3v) is 4.20. The molecular weight excluding hydrogens is 280 g/mol. The molecule has 5 heteroatoms. The molecule has 1 saturated heterocycles. The molecule has 1 aromatic carbocycles. The Kier molecular flexibility index (Phi) is 5.94. The summed E-state index contributed by atoms with van der Waals surface area (Å²) in [5, 5.41) is 19.1. The average Bonchev–Trinajstić information content (AvgIpc) is 2.65. The molecule has 2 rings (SSSR count). The number of amides is 1. The Bertz CT molecular complexity index is 519. The lowest BCUT2D eigenvalue weighted by Crippen LogP contribution is -2.38. The molecule has 0 aliphatic carbocycles. The molecule has 22 heavy (non-hydrogen) atoms. The van der Waals surface area contributed by atoms with E-state index < -0.39 is 6.10 Å². The number of aliphatic hydroxyl groups excluding tert-OH is 2. The van der Waals surface area contributed by atoms with Crippen LogP contribution in [0.5, 0.6) is 0 Å². The summed E-state index contributed by atoms with van der Waals surface area (Å²) in [6.07, 6.45) is -0.183. The zero-order valence-electron chi connectivity index (χ0n) is 13.5. The van der Waals surface area contributed by atoms with E-state index in [0.717, 1.165) is 16.7 Å². The number of hydrogen-bond acceptors (Lipinski definition) is 4. The summed E-state index contributed by atoms with van der Waals surface area (Å²) >= 11 is 0. The number of benzene rings is 1. The molecule has 0 bridgehead atoms. The Balaban J connectivity index is 2.01. The molecule has 1 aliphatic rings. The number of nitrogens with zero attached hydrogens (tertiary/aromatic N) is 2. The number of rotatable bonds is 4. The first-order valence-electron chi connectivity index (χ1n) is 7.84. The van der Waals surface area contributed by atoms with Gasteiger partial charge in [0.1, 0.15) is 0 Å². The Morgan fingerprint density at radius 3 is 2.77 bits per heavy atom. The zero-order chi connectivity index (χ0) is 16.1. The fourth-order valence-electron chi connectivity index (χ4n) is 2.89. The first-order valence-corrected chi connectivity index (χ1v) is 7.84. The van der Waals surface area contributed by atoms with E-state index in [-0.39, 0.29) is 12.5 Å². The smallest absolute Gasteiger partial charge is 0.227 e. The summed E-state index contributed by atoms with van der Waals surface area (Å²) in [5.74, 6) is 0.0543. The first kappa shape index (κ1) is 16.9. The molecule has 2 N–H and O–H groups in total. The molecule has 0 saturated carbocycles. The summed E-state index contributed by atoms with van der Waals surface area (Å²) in [6.45, 7) is 6.81. The van der Waals surface area contributed by atoms with Gasteiger partial charge >= 0.3 is 0 Å². The second-order valence-corrected chi connectivity index (χ2v) is 6.12. The van der Waals surface area contributed by atoms with Crippen LogP contribution < -0.4 is 0 Å². The predicted octanol–water partition coefficient (Wildman–Crippen LogP) is 0.343. The third-order valence-electron chi connectivity index (χ3n) is 4.20. The topological polar surface area (TPSA) is 64.0 Å². The van der Waals surface area contributed by atoms with E-state index in [4.69, 9.17) is 5.11 Å². The minimum absolute atomic E-state index is 0.0543. The van der Waals surface area contributed by atoms with Gasteiger partial charge in [-0.05, 0) is 25.0 Å². The molecular formula is C17H26N2O3. The van der Waals surface area contributed by atoms with Crippen LogP contribution in [0.25, 0.3) is 0 Å². The van der Waals surface area contributed by atoms with Gasteiger partial charge < -0.3 is 15.1 Å². The Morgan fingerprint density at radius 1 is 1.27 bits per heavy atom. The lowest BCUT2D eigenvalue weighted by Gasteiger charge is -2.22. The van der Waals surface area contributed by atoms with Crippen molar-refractivity contribution in [2.45, 2.75) is 26.4 Å². The molecule has 122 valence electrons. The normalized spacial score (nSPS) is 20.0. The van der Waals surface area contributed by atoms with Gasteiger partial charge in [0.05, 0.1) is 19.1 Å². The lowest BCUT2D eigenvalue weighted by molar-refractivity contribution is -0.131. The number of β-amino-alcohol motifs (C(OH)–C–C–N with tert-alkyl or cyclic N) is 2. The van der Waals surface area contributed by atoms with Crippen molar-refractivity contribution < 1.29 is 15.0 Å². The predicted molar refractivity (Wildman–Crippen MR) is 85.7 cm³/mol. The van der Waals surface area contributed by atoms with Gasteiger partial charge in [-0.1, -0.05) is 23.8 Å². The van der Waals surface area contributed by atoms with E-state index in [1.807, 2.05) is 30.9 Å². The van der Waals surface area contributed by atoms with E-state index in [1.165, 1.54) is 0 Å². The Hall–Kier alpha value is -1.43. The monoisotopic (exact) mass is 306 g/mol. The number of carbonyl (C=O) groups is 1. The highest BCUT2D eigenvalue weighted by molar-refractivity contribution is 5.79. The Labute approximate surface area is 132 Å². The quantitative estimate of drug-likeness (QED) is 0.842. The van der Waals surface area contributed by atoms with E-state index in [1.54, 1.807) is 4.90 Å². The zero-order valence-corrected chi connectivity index (χ0v) is 13.5. The average molecular weight is 306 g/mol. The molecule has 1 heterocycles. The highest BCUT2D eigenvalue weighted by atomic mass is 16.3. The van der Waals surface area contributed by atoms with Crippen LogP contribution in [-0.4, -0.2) is 71.4 Å². The van der Waals surface area contributed by atoms with Gasteiger partial charge in [0, 0.05) is 32.7 Å². The molecule has 1 aliphatic heterocycles. The minimum atomic E-state index is -0.559. The van der Waals surface area contributed by atoms with E-state index >= 15 is 0 Å². The summed E-state index contributed by atoms with van der Waals surface area (Å²) in [4.78, 5) is 16.3. The molecule has 1 atom stereocenters. The van der Waals surface area contributed by atoms with Crippen molar-refractivity contribution in [3.05, 3.63) is 34.9 Å². The van der Waals surface area contributed by atoms with E-state index in [2.05, 4.69) is 6.07 Å². The van der Waals surface area contributed by atoms with Crippen LogP contribution in [-0.2, 0) is 11.2 Å². The Morgan fingerprint density at radius 2 is 2.05 bits per heavy atom. The summed E-state index contributed by atoms with van der Waals surface area (Å²) in [7, 11) is 0. The largest absolute Gasteiger partial charge is 0.395 e. The van der Waals surface area contributed by atoms with Crippen LogP contribution in [0.15, 0.2) is 18.2 Å². The summed E-state index contributed by atoms with van der Waals surface area (Å²) in [5.41, 5.74) is 3.32. The summed E-state index contributed by atoms with van der Waals surface area (Å²) in [6, 6.07) is 6.14. The maximum atomic E-state index is 12.5. The summed E-state index contributed by atoms with van der Waals surface area (Å²) < 4.78 is 0. The van der Waals surface area contributed by atoms with Crippen LogP contribution >= 0.6 is 0 Å². The molecule has 0 spiro atoms. The second-order valence-electron chi connectivity index (χ2n) is 6.12. The first-order chi connectivity index (χ1) is 10.5. The fraction of sp³-hybridized carbons (Fsp3) is 0.588. The SMILES string of the molecule is Cc1ccc(C)c(CC(=O)N2CCN(CCO)C[C@H](O)C2)c1. The van der Waals surface area contributed by atoms with Crippen molar-refractivity contribution in [1.82, 2.24) is 9.80 Å². The molecule has 1 amide bonds. The number of aryl methyl sites for hydroxylation is 2. The van der Waals surface area contributed by atoms with Gasteiger partial charge in [0.15, 0.2) is 0 Å². The lowest BCUT2D eigenvalue weighted by atomic mass is 10.0. The van der Waals surface area contributed by atoms with Gasteiger partial charge in [-0.15, -0.1) is 0 Å². The van der Waals surface area contributed by atoms with Crippen molar-refractivity contribution >= 4 is 5.91 Å². The highest BCUT2D eigenvalue weighted by Gasteiger charge is 2.24. The van der Waals surface area contributed by atoms with Crippen LogP contribution in [0.2, 0.25) is 0 Å². The number of aliphatic hydroxyl groups is 2. The van der Waals surface area contributed by atoms with Gasteiger partial charge in [0.2, 0.25) is 5.91 Å². The standard InChI is InChI=1S/C17H26N2O3/c1-13-3-4-14(2)15(9-13)10-17(22)19-6-5-18(7-8-20)11-16(21)12-19/h3-4,9,16,20-21H,5-8,10-12H2,1-2H3/t16-/m0/s1. The van der Waals surface area contributed by atoms with Crippen molar-refractivity contribution in [3.8, 4) is 0 Å². The van der Waals surface area contributed by atoms with Gasteiger partial charge in [0.25, 0.3) is 0 Å². The molecule has 0 radical (unpaired) electrons. The molecule has 1 fully saturated rings. The van der Waals surface area contributed by atoms with Crippen molar-refractivity contribution in [2.75, 3.05) is 39.3 Å². The van der Waals surface area contributed by atoms with Crippen LogP contribution in [0.4, 0.5) is 0 Å². The van der Waals surface area contributed by atoms with Crippen molar-refractivity contribution in [3.63, 3.8) is 0 Å². The maximum absolute atomic E-state index is 12.5. The third kappa shape index (κ3) is 4.53. The molecule has 5 nitrogen and oxygen atoms in total. The molecule has 0 unspecified atom stereocenters. The van der Waals surface area contributed by atoms with Crippen LogP contribution in [0, 0.1) is 13.8 Å². The minimum Gasteiger partial charge on any atom is -0.395 e. The number of carbonyl (C=O) groups excluding carboxylic acids is 1. The number of hydrogen-bond donors (Lipinski definition) is 2. The molecule has 0 aromatic heterocycles. The fourth-order valence-corrected chi connectivity index (χ4v) is 2.89.